The largest absolute Gasteiger partial charge is 0.337 e. The molecule has 0 amide bonds. The summed E-state index contributed by atoms with van der Waals surface area (Å²) >= 11 is 1.66. The summed E-state index contributed by atoms with van der Waals surface area (Å²) in [6, 6.07) is 0. The summed E-state index contributed by atoms with van der Waals surface area (Å²) in [5.41, 5.74) is 2.13. The Bertz CT molecular complexity index is 525. The molecule has 17 heavy (non-hydrogen) atoms. The standard InChI is InChI=1S/C12H15N3OS/c1-8-6-17-7-9(8)10-14-11(16-15-10)12(2)4-3-5-13-12/h6-7,13H,3-5H2,1-2H3. The molecule has 5 heteroatoms. The maximum Gasteiger partial charge on any atom is 0.246 e. The van der Waals surface area contributed by atoms with Crippen LogP contribution in [-0.4, -0.2) is 16.7 Å². The predicted octanol–water partition coefficient (Wildman–Crippen LogP) is 2.71. The number of hydrogen-bond acceptors (Lipinski definition) is 5. The van der Waals surface area contributed by atoms with Crippen molar-refractivity contribution < 1.29 is 4.52 Å². The fourth-order valence-corrected chi connectivity index (χ4v) is 3.05. The minimum atomic E-state index is -0.144. The molecule has 1 atom stereocenters. The smallest absolute Gasteiger partial charge is 0.246 e. The first-order valence-corrected chi connectivity index (χ1v) is 6.76. The molecule has 0 aromatic carbocycles. The number of aryl methyl sites for hydroxylation is 1. The Hall–Kier alpha value is -1.20. The topological polar surface area (TPSA) is 51.0 Å². The van der Waals surface area contributed by atoms with Crippen molar-refractivity contribution in [3.63, 3.8) is 0 Å². The van der Waals surface area contributed by atoms with Crippen molar-refractivity contribution >= 4 is 11.3 Å². The third-order valence-electron chi connectivity index (χ3n) is 3.36. The normalized spacial score (nSPS) is 24.4. The first kappa shape index (κ1) is 10.9. The summed E-state index contributed by atoms with van der Waals surface area (Å²) in [4.78, 5) is 4.53. The highest BCUT2D eigenvalue weighted by Crippen LogP contribution is 2.31. The molecule has 2 aromatic rings. The van der Waals surface area contributed by atoms with Gasteiger partial charge in [0.25, 0.3) is 0 Å². The molecule has 1 N–H and O–H groups in total. The molecule has 1 aliphatic heterocycles. The van der Waals surface area contributed by atoms with Gasteiger partial charge in [0, 0.05) is 10.9 Å². The van der Waals surface area contributed by atoms with Gasteiger partial charge in [0.05, 0.1) is 5.54 Å². The Kier molecular flexibility index (Phi) is 2.52. The zero-order valence-corrected chi connectivity index (χ0v) is 10.8. The summed E-state index contributed by atoms with van der Waals surface area (Å²) in [6.07, 6.45) is 2.21. The number of aromatic nitrogens is 2. The van der Waals surface area contributed by atoms with Crippen molar-refractivity contribution in [2.45, 2.75) is 32.2 Å². The van der Waals surface area contributed by atoms with Gasteiger partial charge in [0.2, 0.25) is 11.7 Å². The molecule has 1 saturated heterocycles. The Morgan fingerprint density at radius 2 is 2.35 bits per heavy atom. The first-order chi connectivity index (χ1) is 8.19. The van der Waals surface area contributed by atoms with E-state index in [-0.39, 0.29) is 5.54 Å². The SMILES string of the molecule is Cc1cscc1-c1noc(C2(C)CCCN2)n1. The van der Waals surface area contributed by atoms with Crippen molar-refractivity contribution in [2.24, 2.45) is 0 Å². The van der Waals surface area contributed by atoms with Crippen LogP contribution in [0, 0.1) is 6.92 Å². The number of nitrogens with one attached hydrogen (secondary N) is 1. The van der Waals surface area contributed by atoms with Crippen LogP contribution in [0.25, 0.3) is 11.4 Å². The molecule has 3 rings (SSSR count). The van der Waals surface area contributed by atoms with E-state index in [1.54, 1.807) is 11.3 Å². The van der Waals surface area contributed by atoms with E-state index in [1.165, 1.54) is 5.56 Å². The van der Waals surface area contributed by atoms with Crippen LogP contribution in [0.2, 0.25) is 0 Å². The van der Waals surface area contributed by atoms with Crippen LogP contribution in [0.3, 0.4) is 0 Å². The first-order valence-electron chi connectivity index (χ1n) is 5.81. The molecule has 0 radical (unpaired) electrons. The van der Waals surface area contributed by atoms with Gasteiger partial charge in [-0.15, -0.1) is 0 Å². The van der Waals surface area contributed by atoms with Gasteiger partial charge < -0.3 is 9.84 Å². The molecule has 1 aliphatic rings. The second-order valence-corrected chi connectivity index (χ2v) is 5.50. The molecular weight excluding hydrogens is 234 g/mol. The van der Waals surface area contributed by atoms with Crippen LogP contribution < -0.4 is 5.32 Å². The summed E-state index contributed by atoms with van der Waals surface area (Å²) < 4.78 is 5.41. The molecule has 3 heterocycles. The molecule has 1 unspecified atom stereocenters. The van der Waals surface area contributed by atoms with Crippen LogP contribution >= 0.6 is 11.3 Å². The van der Waals surface area contributed by atoms with Gasteiger partial charge in [-0.3, -0.25) is 0 Å². The minimum Gasteiger partial charge on any atom is -0.337 e. The lowest BCUT2D eigenvalue weighted by Crippen LogP contribution is -2.33. The molecule has 1 fully saturated rings. The zero-order chi connectivity index (χ0) is 11.9. The van der Waals surface area contributed by atoms with Crippen molar-refractivity contribution in [1.29, 1.82) is 0 Å². The van der Waals surface area contributed by atoms with Gasteiger partial charge in [0.15, 0.2) is 0 Å². The fourth-order valence-electron chi connectivity index (χ4n) is 2.22. The highest BCUT2D eigenvalue weighted by atomic mass is 32.1. The van der Waals surface area contributed by atoms with Gasteiger partial charge in [-0.2, -0.15) is 16.3 Å². The lowest BCUT2D eigenvalue weighted by Gasteiger charge is -2.18. The number of hydrogen-bond donors (Lipinski definition) is 1. The Morgan fingerprint density at radius 3 is 3.00 bits per heavy atom. The number of thiophene rings is 1. The zero-order valence-electron chi connectivity index (χ0n) is 9.99. The van der Waals surface area contributed by atoms with Gasteiger partial charge in [-0.1, -0.05) is 5.16 Å². The van der Waals surface area contributed by atoms with Gasteiger partial charge in [0.1, 0.15) is 0 Å². The monoisotopic (exact) mass is 249 g/mol. The van der Waals surface area contributed by atoms with Gasteiger partial charge >= 0.3 is 0 Å². The van der Waals surface area contributed by atoms with E-state index >= 15 is 0 Å². The van der Waals surface area contributed by atoms with Crippen LogP contribution in [0.15, 0.2) is 15.3 Å². The number of nitrogens with zero attached hydrogens (tertiary/aromatic N) is 2. The van der Waals surface area contributed by atoms with Crippen LogP contribution in [0.5, 0.6) is 0 Å². The molecule has 4 nitrogen and oxygen atoms in total. The average molecular weight is 249 g/mol. The molecule has 2 aromatic heterocycles. The van der Waals surface area contributed by atoms with Crippen molar-refractivity contribution in [2.75, 3.05) is 6.54 Å². The lowest BCUT2D eigenvalue weighted by atomic mass is 10.0. The highest BCUT2D eigenvalue weighted by molar-refractivity contribution is 7.08. The van der Waals surface area contributed by atoms with E-state index in [2.05, 4.69) is 40.1 Å². The summed E-state index contributed by atoms with van der Waals surface area (Å²) in [6.45, 7) is 5.21. The van der Waals surface area contributed by atoms with Crippen LogP contribution in [0.4, 0.5) is 0 Å². The summed E-state index contributed by atoms with van der Waals surface area (Å²) in [5, 5.41) is 11.7. The molecule has 0 bridgehead atoms. The third kappa shape index (κ3) is 1.79. The molecule has 90 valence electrons. The second-order valence-electron chi connectivity index (χ2n) is 4.75. The van der Waals surface area contributed by atoms with Crippen molar-refractivity contribution in [3.8, 4) is 11.4 Å². The van der Waals surface area contributed by atoms with E-state index in [1.807, 2.05) is 0 Å². The minimum absolute atomic E-state index is 0.144. The second kappa shape index (κ2) is 3.92. The summed E-state index contributed by atoms with van der Waals surface area (Å²) in [7, 11) is 0. The quantitative estimate of drug-likeness (QED) is 0.889. The number of rotatable bonds is 2. The molecule has 0 saturated carbocycles. The Balaban J connectivity index is 1.96. The van der Waals surface area contributed by atoms with Gasteiger partial charge in [-0.25, -0.2) is 0 Å². The Morgan fingerprint density at radius 1 is 1.47 bits per heavy atom. The fraction of sp³-hybridized carbons (Fsp3) is 0.500. The molecular formula is C12H15N3OS. The van der Waals surface area contributed by atoms with Crippen molar-refractivity contribution in [3.05, 3.63) is 22.2 Å². The highest BCUT2D eigenvalue weighted by Gasteiger charge is 2.35. The van der Waals surface area contributed by atoms with E-state index < -0.39 is 0 Å². The maximum absolute atomic E-state index is 5.41. The van der Waals surface area contributed by atoms with E-state index in [0.29, 0.717) is 11.7 Å². The molecule has 0 spiro atoms. The maximum atomic E-state index is 5.41. The van der Waals surface area contributed by atoms with Crippen LogP contribution in [0.1, 0.15) is 31.2 Å². The Labute approximate surface area is 104 Å². The van der Waals surface area contributed by atoms with Crippen LogP contribution in [-0.2, 0) is 5.54 Å². The lowest BCUT2D eigenvalue weighted by molar-refractivity contribution is 0.275. The van der Waals surface area contributed by atoms with Gasteiger partial charge in [-0.05, 0) is 44.2 Å². The van der Waals surface area contributed by atoms with E-state index in [0.717, 1.165) is 24.9 Å². The van der Waals surface area contributed by atoms with E-state index in [4.69, 9.17) is 4.52 Å². The van der Waals surface area contributed by atoms with E-state index in [9.17, 15) is 0 Å². The third-order valence-corrected chi connectivity index (χ3v) is 4.22. The predicted molar refractivity (Wildman–Crippen MR) is 66.9 cm³/mol. The van der Waals surface area contributed by atoms with Crippen molar-refractivity contribution in [1.82, 2.24) is 15.5 Å². The summed E-state index contributed by atoms with van der Waals surface area (Å²) in [5.74, 6) is 1.41. The average Bonchev–Trinajstić information content (AvgIpc) is 2.97. The molecule has 0 aliphatic carbocycles.